The van der Waals surface area contributed by atoms with Crippen LogP contribution in [0.4, 0.5) is 5.82 Å². The zero-order chi connectivity index (χ0) is 24.7. The van der Waals surface area contributed by atoms with E-state index in [-0.39, 0.29) is 34.8 Å². The Morgan fingerprint density at radius 2 is 1.80 bits per heavy atom. The number of thioether (sulfide) groups is 1. The van der Waals surface area contributed by atoms with Crippen LogP contribution in [0.3, 0.4) is 0 Å². The molecule has 1 saturated carbocycles. The van der Waals surface area contributed by atoms with Gasteiger partial charge in [0.2, 0.25) is 0 Å². The molecule has 3 N–H and O–H groups in total. The lowest BCUT2D eigenvalue weighted by Gasteiger charge is -2.20. The fraction of sp³-hybridized carbons (Fsp3) is 0.240. The van der Waals surface area contributed by atoms with Gasteiger partial charge in [-0.1, -0.05) is 54.2 Å². The molecule has 10 heteroatoms. The summed E-state index contributed by atoms with van der Waals surface area (Å²) in [5.41, 5.74) is 5.64. The van der Waals surface area contributed by atoms with Crippen molar-refractivity contribution < 1.29 is 4.79 Å². The number of rotatable bonds is 7. The first-order valence-electron chi connectivity index (χ1n) is 11.2. The highest BCUT2D eigenvalue weighted by atomic mass is 32.2. The lowest BCUT2D eigenvalue weighted by molar-refractivity contribution is 0.102. The van der Waals surface area contributed by atoms with Gasteiger partial charge in [0.1, 0.15) is 11.4 Å². The predicted octanol–water partition coefficient (Wildman–Crippen LogP) is 2.75. The highest BCUT2D eigenvalue weighted by Gasteiger charge is 2.30. The first kappa shape index (κ1) is 22.9. The molecule has 0 bridgehead atoms. The molecule has 0 amide bonds. The molecular formula is C25H23N5O4S. The van der Waals surface area contributed by atoms with Gasteiger partial charge in [-0.15, -0.1) is 0 Å². The number of H-pyrrole nitrogens is 1. The van der Waals surface area contributed by atoms with E-state index in [1.54, 1.807) is 28.8 Å². The van der Waals surface area contributed by atoms with Crippen LogP contribution in [0, 0.1) is 0 Å². The zero-order valence-electron chi connectivity index (χ0n) is 18.9. The number of carbonyl (C=O) groups is 1. The van der Waals surface area contributed by atoms with Gasteiger partial charge >= 0.3 is 5.69 Å². The second-order valence-corrected chi connectivity index (χ2v) is 9.45. The molecule has 1 fully saturated rings. The standard InChI is InChI=1S/C25H23N5O4S/c1-14(15-7-3-2-4-8-15)29-23(33)17-9-5-6-10-18(17)27-25(29)35-13-19(31)20-21(26)30(16-11-12-16)24(34)28-22(20)32/h2-10,14,16H,11-13,26H2,1H3,(H,28,32,34). The lowest BCUT2D eigenvalue weighted by atomic mass is 10.1. The van der Waals surface area contributed by atoms with Gasteiger partial charge in [-0.2, -0.15) is 0 Å². The summed E-state index contributed by atoms with van der Waals surface area (Å²) < 4.78 is 2.84. The van der Waals surface area contributed by atoms with Crippen molar-refractivity contribution in [3.05, 3.63) is 96.9 Å². The van der Waals surface area contributed by atoms with Crippen LogP contribution in [-0.2, 0) is 0 Å². The molecule has 2 aromatic heterocycles. The van der Waals surface area contributed by atoms with Crippen molar-refractivity contribution in [2.45, 2.75) is 37.0 Å². The molecule has 0 saturated heterocycles. The third-order valence-electron chi connectivity index (χ3n) is 6.15. The first-order chi connectivity index (χ1) is 16.9. The summed E-state index contributed by atoms with van der Waals surface area (Å²) in [6.45, 7) is 1.90. The Balaban J connectivity index is 1.54. The minimum Gasteiger partial charge on any atom is -0.384 e. The summed E-state index contributed by atoms with van der Waals surface area (Å²) in [7, 11) is 0. The molecule has 0 aliphatic heterocycles. The van der Waals surface area contributed by atoms with Crippen LogP contribution in [0.15, 0.2) is 74.1 Å². The molecule has 178 valence electrons. The van der Waals surface area contributed by atoms with Crippen LogP contribution in [0.1, 0.15) is 47.8 Å². The highest BCUT2D eigenvalue weighted by Crippen LogP contribution is 2.35. The number of fused-ring (bicyclic) bond motifs is 1. The van der Waals surface area contributed by atoms with Gasteiger partial charge in [-0.3, -0.25) is 28.5 Å². The van der Waals surface area contributed by atoms with Gasteiger partial charge in [-0.05, 0) is 37.5 Å². The minimum absolute atomic E-state index is 0.0994. The van der Waals surface area contributed by atoms with E-state index in [1.807, 2.05) is 37.3 Å². The van der Waals surface area contributed by atoms with E-state index in [0.29, 0.717) is 16.1 Å². The topological polar surface area (TPSA) is 133 Å². The number of anilines is 1. The van der Waals surface area contributed by atoms with Gasteiger partial charge in [0, 0.05) is 6.04 Å². The lowest BCUT2D eigenvalue weighted by Crippen LogP contribution is -2.36. The van der Waals surface area contributed by atoms with Gasteiger partial charge < -0.3 is 5.73 Å². The summed E-state index contributed by atoms with van der Waals surface area (Å²) in [4.78, 5) is 58.1. The molecule has 1 atom stereocenters. The second kappa shape index (κ2) is 9.03. The molecule has 1 unspecified atom stereocenters. The number of nitrogens with one attached hydrogen (secondary N) is 1. The van der Waals surface area contributed by atoms with Crippen molar-refractivity contribution in [1.82, 2.24) is 19.1 Å². The van der Waals surface area contributed by atoms with Crippen molar-refractivity contribution in [3.8, 4) is 0 Å². The number of nitrogens with zero attached hydrogens (tertiary/aromatic N) is 3. The molecule has 1 aliphatic rings. The van der Waals surface area contributed by atoms with E-state index < -0.39 is 17.0 Å². The number of aromatic amines is 1. The SMILES string of the molecule is CC(c1ccccc1)n1c(SCC(=O)c2c(N)n(C3CC3)c(=O)[nH]c2=O)nc2ccccc2c1=O. The van der Waals surface area contributed by atoms with Crippen LogP contribution < -0.4 is 22.5 Å². The summed E-state index contributed by atoms with van der Waals surface area (Å²) in [6, 6.07) is 16.1. The van der Waals surface area contributed by atoms with Crippen molar-refractivity contribution in [1.29, 1.82) is 0 Å². The van der Waals surface area contributed by atoms with Gasteiger partial charge in [-0.25, -0.2) is 9.78 Å². The first-order valence-corrected chi connectivity index (χ1v) is 12.2. The third kappa shape index (κ3) is 4.21. The van der Waals surface area contributed by atoms with E-state index in [9.17, 15) is 19.2 Å². The smallest absolute Gasteiger partial charge is 0.330 e. The fourth-order valence-corrected chi connectivity index (χ4v) is 5.13. The summed E-state index contributed by atoms with van der Waals surface area (Å²) in [6.07, 6.45) is 1.53. The normalized spacial score (nSPS) is 14.2. The van der Waals surface area contributed by atoms with Crippen LogP contribution in [0.5, 0.6) is 0 Å². The average molecular weight is 490 g/mol. The van der Waals surface area contributed by atoms with Crippen molar-refractivity contribution in [3.63, 3.8) is 0 Å². The number of nitrogens with two attached hydrogens (primary N) is 1. The quantitative estimate of drug-likeness (QED) is 0.232. The van der Waals surface area contributed by atoms with Gasteiger partial charge in [0.15, 0.2) is 10.9 Å². The molecule has 35 heavy (non-hydrogen) atoms. The van der Waals surface area contributed by atoms with Crippen LogP contribution in [-0.4, -0.2) is 30.6 Å². The molecule has 5 rings (SSSR count). The number of Topliss-reactive ketones (excluding diaryl/α,β-unsaturated/α-hetero) is 1. The van der Waals surface area contributed by atoms with E-state index in [4.69, 9.17) is 5.73 Å². The van der Waals surface area contributed by atoms with Gasteiger partial charge in [0.25, 0.3) is 11.1 Å². The third-order valence-corrected chi connectivity index (χ3v) is 7.10. The number of ketones is 1. The minimum atomic E-state index is -0.809. The van der Waals surface area contributed by atoms with E-state index in [2.05, 4.69) is 9.97 Å². The Morgan fingerprint density at radius 3 is 2.51 bits per heavy atom. The highest BCUT2D eigenvalue weighted by molar-refractivity contribution is 7.99. The van der Waals surface area contributed by atoms with Crippen LogP contribution >= 0.6 is 11.8 Å². The average Bonchev–Trinajstić information content (AvgIpc) is 3.68. The Kier molecular flexibility index (Phi) is 5.89. The maximum absolute atomic E-state index is 13.5. The number of carbonyl (C=O) groups excluding carboxylic acids is 1. The largest absolute Gasteiger partial charge is 0.384 e. The van der Waals surface area contributed by atoms with E-state index in [1.165, 1.54) is 4.57 Å². The zero-order valence-corrected chi connectivity index (χ0v) is 19.7. The monoisotopic (exact) mass is 489 g/mol. The molecule has 4 aromatic rings. The predicted molar refractivity (Wildman–Crippen MR) is 135 cm³/mol. The Hall–Kier alpha value is -3.92. The summed E-state index contributed by atoms with van der Waals surface area (Å²) >= 11 is 1.06. The second-order valence-electron chi connectivity index (χ2n) is 8.51. The Labute approximate surface area is 203 Å². The number of hydrogen-bond acceptors (Lipinski definition) is 7. The molecule has 2 heterocycles. The number of benzene rings is 2. The number of nitrogen functional groups attached to an aromatic ring is 1. The van der Waals surface area contributed by atoms with Crippen molar-refractivity contribution in [2.75, 3.05) is 11.5 Å². The number of para-hydroxylation sites is 1. The van der Waals surface area contributed by atoms with Crippen molar-refractivity contribution >= 4 is 34.3 Å². The van der Waals surface area contributed by atoms with E-state index >= 15 is 0 Å². The summed E-state index contributed by atoms with van der Waals surface area (Å²) in [5.74, 6) is -0.833. The van der Waals surface area contributed by atoms with Crippen molar-refractivity contribution in [2.24, 2.45) is 0 Å². The Morgan fingerprint density at radius 1 is 1.11 bits per heavy atom. The molecule has 9 nitrogen and oxygen atoms in total. The molecule has 1 aliphatic carbocycles. The maximum Gasteiger partial charge on any atom is 0.330 e. The molecule has 2 aromatic carbocycles. The molecular weight excluding hydrogens is 466 g/mol. The van der Waals surface area contributed by atoms with Crippen LogP contribution in [0.2, 0.25) is 0 Å². The summed E-state index contributed by atoms with van der Waals surface area (Å²) in [5, 5.41) is 0.826. The fourth-order valence-electron chi connectivity index (χ4n) is 4.18. The Bertz CT molecular complexity index is 1620. The number of hydrogen-bond donors (Lipinski definition) is 2. The van der Waals surface area contributed by atoms with Crippen LogP contribution in [0.25, 0.3) is 10.9 Å². The maximum atomic E-state index is 13.5. The molecule has 0 radical (unpaired) electrons. The molecule has 0 spiro atoms. The number of aromatic nitrogens is 4. The van der Waals surface area contributed by atoms with Gasteiger partial charge in [0.05, 0.1) is 22.7 Å². The van der Waals surface area contributed by atoms with E-state index in [0.717, 1.165) is 30.2 Å².